The van der Waals surface area contributed by atoms with Crippen molar-refractivity contribution in [2.45, 2.75) is 58.8 Å². The minimum absolute atomic E-state index is 0.0124. The Kier molecular flexibility index (Phi) is 8.41. The first-order valence-electron chi connectivity index (χ1n) is 11.7. The predicted octanol–water partition coefficient (Wildman–Crippen LogP) is 4.20. The summed E-state index contributed by atoms with van der Waals surface area (Å²) in [4.78, 5) is 24.3. The number of benzene rings is 2. The molecule has 0 spiro atoms. The molecule has 174 valence electrons. The summed E-state index contributed by atoms with van der Waals surface area (Å²) in [6.45, 7) is 4.28. The van der Waals surface area contributed by atoms with E-state index in [1.807, 2.05) is 18.2 Å². The third-order valence-corrected chi connectivity index (χ3v) is 6.93. The Bertz CT molecular complexity index is 1040. The second-order valence-corrected chi connectivity index (χ2v) is 9.14. The van der Waals surface area contributed by atoms with Gasteiger partial charge in [-0.2, -0.15) is 5.26 Å². The lowest BCUT2D eigenvalue weighted by molar-refractivity contribution is -0.140. The molecule has 0 heterocycles. The maximum Gasteiger partial charge on any atom is 0.305 e. The Hall–Kier alpha value is -2.97. The van der Waals surface area contributed by atoms with Gasteiger partial charge in [-0.25, -0.2) is 0 Å². The van der Waals surface area contributed by atoms with Crippen molar-refractivity contribution in [2.75, 3.05) is 13.7 Å². The first kappa shape index (κ1) is 24.7. The molecule has 2 atom stereocenters. The van der Waals surface area contributed by atoms with Gasteiger partial charge in [-0.15, -0.1) is 0 Å². The molecule has 0 bridgehead atoms. The molecule has 1 fully saturated rings. The van der Waals surface area contributed by atoms with Crippen LogP contribution in [0.4, 0.5) is 0 Å². The Morgan fingerprint density at radius 2 is 1.85 bits per heavy atom. The van der Waals surface area contributed by atoms with Gasteiger partial charge in [0.15, 0.2) is 0 Å². The fourth-order valence-corrected chi connectivity index (χ4v) is 5.19. The highest BCUT2D eigenvalue weighted by atomic mass is 16.5. The number of aliphatic hydroxyl groups is 1. The Balaban J connectivity index is 1.76. The van der Waals surface area contributed by atoms with E-state index in [0.717, 1.165) is 30.4 Å². The summed E-state index contributed by atoms with van der Waals surface area (Å²) in [5.74, 6) is 0.286. The first-order valence-corrected chi connectivity index (χ1v) is 11.7. The summed E-state index contributed by atoms with van der Waals surface area (Å²) in [6, 6.07) is 12.3. The highest BCUT2D eigenvalue weighted by Crippen LogP contribution is 2.35. The third-order valence-electron chi connectivity index (χ3n) is 6.93. The Morgan fingerprint density at radius 1 is 1.12 bits per heavy atom. The number of nitrogens with zero attached hydrogens (tertiary/aromatic N) is 1. The van der Waals surface area contributed by atoms with Gasteiger partial charge in [0, 0.05) is 25.4 Å². The summed E-state index contributed by atoms with van der Waals surface area (Å²) in [7, 11) is 1.37. The topological polar surface area (TPSA) is 87.4 Å². The van der Waals surface area contributed by atoms with Crippen LogP contribution in [0, 0.1) is 37.0 Å². The van der Waals surface area contributed by atoms with Gasteiger partial charge in [-0.3, -0.25) is 9.59 Å². The smallest absolute Gasteiger partial charge is 0.305 e. The van der Waals surface area contributed by atoms with Gasteiger partial charge in [0.25, 0.3) is 0 Å². The molecule has 1 aliphatic rings. The van der Waals surface area contributed by atoms with Crippen LogP contribution in [0.5, 0.6) is 0 Å². The molecule has 3 rings (SSSR count). The third kappa shape index (κ3) is 6.09. The van der Waals surface area contributed by atoms with Crippen molar-refractivity contribution in [1.82, 2.24) is 0 Å². The van der Waals surface area contributed by atoms with Gasteiger partial charge in [-0.1, -0.05) is 24.3 Å². The first-order chi connectivity index (χ1) is 15.9. The standard InChI is InChI=1S/C28H33NO4/c1-18-12-21(13-19(2)25(18)10-11-30)16-26-23(6-8-27(26)31)15-20-4-5-24(17-29)22(14-20)7-9-28(32)33-3/h4-5,12-14,23,26,30H,6-11,15-16H2,1-3H3/t23-,26?/m1/s1. The number of hydrogen-bond donors (Lipinski definition) is 1. The minimum atomic E-state index is -0.290. The average Bonchev–Trinajstić information content (AvgIpc) is 3.13. The molecule has 0 aromatic heterocycles. The summed E-state index contributed by atoms with van der Waals surface area (Å²) in [5.41, 5.74) is 7.24. The molecular weight excluding hydrogens is 414 g/mol. The maximum atomic E-state index is 12.8. The quantitative estimate of drug-likeness (QED) is 0.582. The van der Waals surface area contributed by atoms with E-state index in [0.29, 0.717) is 30.6 Å². The summed E-state index contributed by atoms with van der Waals surface area (Å²) in [5, 5.41) is 18.7. The van der Waals surface area contributed by atoms with Crippen molar-refractivity contribution in [3.8, 4) is 6.07 Å². The zero-order chi connectivity index (χ0) is 24.0. The van der Waals surface area contributed by atoms with E-state index < -0.39 is 0 Å². The Morgan fingerprint density at radius 3 is 2.48 bits per heavy atom. The van der Waals surface area contributed by atoms with Crippen LogP contribution >= 0.6 is 0 Å². The number of methoxy groups -OCH3 is 1. The van der Waals surface area contributed by atoms with Crippen LogP contribution in [-0.4, -0.2) is 30.6 Å². The van der Waals surface area contributed by atoms with Crippen molar-refractivity contribution in [2.24, 2.45) is 11.8 Å². The lowest BCUT2D eigenvalue weighted by Gasteiger charge is -2.20. The summed E-state index contributed by atoms with van der Waals surface area (Å²) in [6.07, 6.45) is 4.37. The summed E-state index contributed by atoms with van der Waals surface area (Å²) >= 11 is 0. The number of rotatable bonds is 9. The minimum Gasteiger partial charge on any atom is -0.469 e. The number of aryl methyl sites for hydroxylation is 3. The summed E-state index contributed by atoms with van der Waals surface area (Å²) < 4.78 is 4.73. The number of ether oxygens (including phenoxy) is 1. The second-order valence-electron chi connectivity index (χ2n) is 9.14. The Labute approximate surface area is 196 Å². The van der Waals surface area contributed by atoms with E-state index in [9.17, 15) is 20.0 Å². The van der Waals surface area contributed by atoms with Crippen LogP contribution in [-0.2, 0) is 40.0 Å². The molecule has 0 saturated heterocycles. The van der Waals surface area contributed by atoms with Crippen LogP contribution in [0.2, 0.25) is 0 Å². The largest absolute Gasteiger partial charge is 0.469 e. The van der Waals surface area contributed by atoms with Gasteiger partial charge >= 0.3 is 5.97 Å². The van der Waals surface area contributed by atoms with Crippen LogP contribution < -0.4 is 0 Å². The molecule has 1 saturated carbocycles. The van der Waals surface area contributed by atoms with Crippen molar-refractivity contribution >= 4 is 11.8 Å². The van der Waals surface area contributed by atoms with Crippen molar-refractivity contribution in [3.63, 3.8) is 0 Å². The van der Waals surface area contributed by atoms with Crippen LogP contribution in [0.1, 0.15) is 58.2 Å². The number of hydrogen-bond acceptors (Lipinski definition) is 5. The molecule has 1 N–H and O–H groups in total. The lowest BCUT2D eigenvalue weighted by atomic mass is 9.83. The molecule has 5 heteroatoms. The van der Waals surface area contributed by atoms with E-state index in [2.05, 4.69) is 32.0 Å². The number of aliphatic hydroxyl groups excluding tert-OH is 1. The molecule has 5 nitrogen and oxygen atoms in total. The van der Waals surface area contributed by atoms with E-state index in [1.54, 1.807) is 0 Å². The number of Topliss-reactive ketones (excluding diaryl/α,β-unsaturated/α-hetero) is 1. The maximum absolute atomic E-state index is 12.8. The zero-order valence-corrected chi connectivity index (χ0v) is 19.8. The van der Waals surface area contributed by atoms with Crippen molar-refractivity contribution < 1.29 is 19.4 Å². The zero-order valence-electron chi connectivity index (χ0n) is 19.8. The molecule has 0 amide bonds. The highest BCUT2D eigenvalue weighted by Gasteiger charge is 2.34. The molecule has 1 aliphatic carbocycles. The van der Waals surface area contributed by atoms with E-state index in [1.165, 1.54) is 29.4 Å². The fourth-order valence-electron chi connectivity index (χ4n) is 5.19. The van der Waals surface area contributed by atoms with Gasteiger partial charge in [0.1, 0.15) is 5.78 Å². The SMILES string of the molecule is COC(=O)CCc1cc(C[C@H]2CCC(=O)C2Cc2cc(C)c(CCO)c(C)c2)ccc1C#N. The molecule has 0 aliphatic heterocycles. The number of nitriles is 1. The molecule has 33 heavy (non-hydrogen) atoms. The molecule has 0 radical (unpaired) electrons. The monoisotopic (exact) mass is 447 g/mol. The number of esters is 1. The number of ketones is 1. The predicted molar refractivity (Wildman–Crippen MR) is 127 cm³/mol. The molecule has 2 aromatic rings. The number of carbonyl (C=O) groups excluding carboxylic acids is 2. The van der Waals surface area contributed by atoms with Crippen LogP contribution in [0.25, 0.3) is 0 Å². The van der Waals surface area contributed by atoms with Crippen LogP contribution in [0.3, 0.4) is 0 Å². The van der Waals surface area contributed by atoms with Gasteiger partial charge in [0.2, 0.25) is 0 Å². The van der Waals surface area contributed by atoms with Crippen molar-refractivity contribution in [3.05, 3.63) is 69.3 Å². The van der Waals surface area contributed by atoms with Gasteiger partial charge < -0.3 is 9.84 Å². The van der Waals surface area contributed by atoms with Crippen LogP contribution in [0.15, 0.2) is 30.3 Å². The second kappa shape index (κ2) is 11.2. The number of carbonyl (C=O) groups is 2. The van der Waals surface area contributed by atoms with E-state index >= 15 is 0 Å². The highest BCUT2D eigenvalue weighted by molar-refractivity contribution is 5.83. The molecule has 1 unspecified atom stereocenters. The van der Waals surface area contributed by atoms with E-state index in [-0.39, 0.29) is 30.8 Å². The van der Waals surface area contributed by atoms with E-state index in [4.69, 9.17) is 4.74 Å². The fraction of sp³-hybridized carbons (Fsp3) is 0.464. The lowest BCUT2D eigenvalue weighted by Crippen LogP contribution is -2.20. The van der Waals surface area contributed by atoms with Gasteiger partial charge in [0.05, 0.1) is 18.7 Å². The molecular formula is C28H33NO4. The molecule has 2 aromatic carbocycles. The van der Waals surface area contributed by atoms with Gasteiger partial charge in [-0.05, 0) is 91.3 Å². The average molecular weight is 448 g/mol. The van der Waals surface area contributed by atoms with Crippen molar-refractivity contribution in [1.29, 1.82) is 5.26 Å². The normalized spacial score (nSPS) is 17.7.